The Morgan fingerprint density at radius 1 is 1.12 bits per heavy atom. The minimum Gasteiger partial charge on any atom is -0.235 e. The van der Waals surface area contributed by atoms with Crippen LogP contribution in [0.4, 0.5) is 0 Å². The van der Waals surface area contributed by atoms with Crippen LogP contribution in [0.5, 0.6) is 0 Å². The fourth-order valence-electron chi connectivity index (χ4n) is 1.72. The topological polar surface area (TPSA) is 25.8 Å². The number of hydrogen-bond acceptors (Lipinski definition) is 3. The number of benzene rings is 1. The third-order valence-electron chi connectivity index (χ3n) is 2.56. The highest BCUT2D eigenvalue weighted by atomic mass is 35.5. The second kappa shape index (κ2) is 3.55. The monoisotopic (exact) mass is 268 g/mol. The molecular weight excluding hydrogens is 263 g/mol. The highest BCUT2D eigenvalue weighted by Crippen LogP contribution is 2.39. The van der Waals surface area contributed by atoms with Crippen molar-refractivity contribution >= 4 is 54.8 Å². The van der Waals surface area contributed by atoms with Crippen LogP contribution in [0.1, 0.15) is 5.56 Å². The van der Waals surface area contributed by atoms with Crippen LogP contribution >= 0.6 is 34.5 Å². The minimum atomic E-state index is 0.502. The zero-order valence-electron chi connectivity index (χ0n) is 8.29. The quantitative estimate of drug-likeness (QED) is 0.563. The molecule has 0 fully saturated rings. The Morgan fingerprint density at radius 3 is 2.75 bits per heavy atom. The van der Waals surface area contributed by atoms with E-state index in [0.717, 1.165) is 30.9 Å². The van der Waals surface area contributed by atoms with Gasteiger partial charge in [0.1, 0.15) is 11.5 Å². The second-order valence-corrected chi connectivity index (χ2v) is 5.28. The Bertz CT molecular complexity index is 706. The SMILES string of the molecule is Cc1c(Cl)ccc2c1sc1c(Cl)ncnc12. The molecule has 1 aromatic carbocycles. The van der Waals surface area contributed by atoms with Crippen LogP contribution in [0.25, 0.3) is 20.3 Å². The fourth-order valence-corrected chi connectivity index (χ4v) is 3.32. The van der Waals surface area contributed by atoms with E-state index in [2.05, 4.69) is 9.97 Å². The average molecular weight is 269 g/mol. The fraction of sp³-hybridized carbons (Fsp3) is 0.0909. The zero-order chi connectivity index (χ0) is 11.3. The summed E-state index contributed by atoms with van der Waals surface area (Å²) in [6, 6.07) is 3.87. The van der Waals surface area contributed by atoms with Gasteiger partial charge in [-0.15, -0.1) is 11.3 Å². The standard InChI is InChI=1S/C11H6Cl2N2S/c1-5-7(12)3-2-6-8-10(16-9(5)6)11(13)15-4-14-8/h2-4H,1H3. The first-order chi connectivity index (χ1) is 7.68. The number of fused-ring (bicyclic) bond motifs is 3. The maximum atomic E-state index is 6.09. The molecule has 0 N–H and O–H groups in total. The van der Waals surface area contributed by atoms with Gasteiger partial charge in [-0.25, -0.2) is 9.97 Å². The highest BCUT2D eigenvalue weighted by Gasteiger charge is 2.12. The molecule has 0 saturated carbocycles. The molecule has 0 bridgehead atoms. The molecule has 0 unspecified atom stereocenters. The van der Waals surface area contributed by atoms with Crippen molar-refractivity contribution < 1.29 is 0 Å². The number of rotatable bonds is 0. The molecule has 0 aliphatic rings. The van der Waals surface area contributed by atoms with Gasteiger partial charge in [0.25, 0.3) is 0 Å². The molecular formula is C11H6Cl2N2S. The van der Waals surface area contributed by atoms with Crippen LogP contribution in [-0.2, 0) is 0 Å². The van der Waals surface area contributed by atoms with Crippen molar-refractivity contribution in [3.63, 3.8) is 0 Å². The number of nitrogens with zero attached hydrogens (tertiary/aromatic N) is 2. The van der Waals surface area contributed by atoms with Crippen molar-refractivity contribution in [3.8, 4) is 0 Å². The largest absolute Gasteiger partial charge is 0.235 e. The van der Waals surface area contributed by atoms with E-state index in [-0.39, 0.29) is 0 Å². The van der Waals surface area contributed by atoms with Gasteiger partial charge in [-0.1, -0.05) is 23.2 Å². The predicted molar refractivity (Wildman–Crippen MR) is 69.7 cm³/mol. The lowest BCUT2D eigenvalue weighted by Crippen LogP contribution is -1.79. The van der Waals surface area contributed by atoms with Crippen LogP contribution in [0.3, 0.4) is 0 Å². The van der Waals surface area contributed by atoms with Gasteiger partial charge in [-0.3, -0.25) is 0 Å². The molecule has 0 spiro atoms. The van der Waals surface area contributed by atoms with Crippen molar-refractivity contribution in [2.24, 2.45) is 0 Å². The Morgan fingerprint density at radius 2 is 1.94 bits per heavy atom. The molecule has 2 aromatic heterocycles. The molecule has 3 aromatic rings. The summed E-state index contributed by atoms with van der Waals surface area (Å²) in [5.41, 5.74) is 1.97. The molecule has 0 aliphatic carbocycles. The van der Waals surface area contributed by atoms with Crippen LogP contribution in [0.15, 0.2) is 18.5 Å². The van der Waals surface area contributed by atoms with Crippen LogP contribution in [0.2, 0.25) is 10.2 Å². The van der Waals surface area contributed by atoms with E-state index in [1.165, 1.54) is 6.33 Å². The Labute approximate surface area is 106 Å². The number of thiophene rings is 1. The average Bonchev–Trinajstić information content (AvgIpc) is 2.65. The molecule has 0 atom stereocenters. The van der Waals surface area contributed by atoms with E-state index in [1.54, 1.807) is 11.3 Å². The summed E-state index contributed by atoms with van der Waals surface area (Å²) in [7, 11) is 0. The molecule has 5 heteroatoms. The number of halogens is 2. The van der Waals surface area contributed by atoms with Gasteiger partial charge in [0.2, 0.25) is 0 Å². The second-order valence-electron chi connectivity index (χ2n) is 3.49. The number of aryl methyl sites for hydroxylation is 1. The van der Waals surface area contributed by atoms with E-state index < -0.39 is 0 Å². The molecule has 0 radical (unpaired) electrons. The Hall–Kier alpha value is -0.900. The summed E-state index contributed by atoms with van der Waals surface area (Å²) in [6.07, 6.45) is 1.49. The third-order valence-corrected chi connectivity index (χ3v) is 4.69. The van der Waals surface area contributed by atoms with Crippen molar-refractivity contribution in [2.75, 3.05) is 0 Å². The summed E-state index contributed by atoms with van der Waals surface area (Å²) in [5.74, 6) is 0. The van der Waals surface area contributed by atoms with E-state index in [9.17, 15) is 0 Å². The van der Waals surface area contributed by atoms with Gasteiger partial charge >= 0.3 is 0 Å². The summed E-state index contributed by atoms with van der Waals surface area (Å²) < 4.78 is 2.05. The third kappa shape index (κ3) is 1.32. The molecule has 0 aliphatic heterocycles. The van der Waals surface area contributed by atoms with Crippen molar-refractivity contribution in [3.05, 3.63) is 34.2 Å². The van der Waals surface area contributed by atoms with Crippen molar-refractivity contribution in [1.82, 2.24) is 9.97 Å². The molecule has 3 rings (SSSR count). The molecule has 0 amide bonds. The lowest BCUT2D eigenvalue weighted by atomic mass is 10.2. The Balaban J connectivity index is 2.60. The first-order valence-electron chi connectivity index (χ1n) is 4.66. The van der Waals surface area contributed by atoms with Crippen molar-refractivity contribution in [1.29, 1.82) is 0 Å². The molecule has 0 saturated heterocycles. The first-order valence-corrected chi connectivity index (χ1v) is 6.23. The first kappa shape index (κ1) is 10.3. The van der Waals surface area contributed by atoms with Gasteiger partial charge in [0.05, 0.1) is 10.2 Å². The zero-order valence-corrected chi connectivity index (χ0v) is 10.6. The van der Waals surface area contributed by atoms with E-state index in [1.807, 2.05) is 19.1 Å². The summed E-state index contributed by atoms with van der Waals surface area (Å²) in [6.45, 7) is 2.00. The summed E-state index contributed by atoms with van der Waals surface area (Å²) in [5, 5.41) is 2.36. The molecule has 2 nitrogen and oxygen atoms in total. The van der Waals surface area contributed by atoms with Gasteiger partial charge in [-0.2, -0.15) is 0 Å². The number of hydrogen-bond donors (Lipinski definition) is 0. The lowest BCUT2D eigenvalue weighted by Gasteiger charge is -1.97. The van der Waals surface area contributed by atoms with Crippen LogP contribution in [-0.4, -0.2) is 9.97 Å². The lowest BCUT2D eigenvalue weighted by molar-refractivity contribution is 1.23. The molecule has 80 valence electrons. The maximum Gasteiger partial charge on any atom is 0.150 e. The predicted octanol–water partition coefficient (Wildman–Crippen LogP) is 4.46. The van der Waals surface area contributed by atoms with Gasteiger partial charge in [0.15, 0.2) is 0 Å². The van der Waals surface area contributed by atoms with Gasteiger partial charge in [-0.05, 0) is 24.6 Å². The summed E-state index contributed by atoms with van der Waals surface area (Å²) in [4.78, 5) is 8.26. The van der Waals surface area contributed by atoms with Gasteiger partial charge in [0, 0.05) is 15.1 Å². The number of aromatic nitrogens is 2. The summed E-state index contributed by atoms with van der Waals surface area (Å²) >= 11 is 13.7. The minimum absolute atomic E-state index is 0.502. The molecule has 16 heavy (non-hydrogen) atoms. The smallest absolute Gasteiger partial charge is 0.150 e. The molecule has 2 heterocycles. The van der Waals surface area contributed by atoms with Gasteiger partial charge < -0.3 is 0 Å². The van der Waals surface area contributed by atoms with Crippen molar-refractivity contribution in [2.45, 2.75) is 6.92 Å². The van der Waals surface area contributed by atoms with E-state index in [4.69, 9.17) is 23.2 Å². The van der Waals surface area contributed by atoms with Crippen LogP contribution < -0.4 is 0 Å². The maximum absolute atomic E-state index is 6.09. The van der Waals surface area contributed by atoms with Crippen LogP contribution in [0, 0.1) is 6.92 Å². The van der Waals surface area contributed by atoms with E-state index >= 15 is 0 Å². The normalized spacial score (nSPS) is 11.4. The highest BCUT2D eigenvalue weighted by molar-refractivity contribution is 7.26. The van der Waals surface area contributed by atoms with E-state index in [0.29, 0.717) is 5.15 Å². The Kier molecular flexibility index (Phi) is 2.28.